The summed E-state index contributed by atoms with van der Waals surface area (Å²) in [7, 11) is 1.55. The highest BCUT2D eigenvalue weighted by atomic mass is 16.7. The summed E-state index contributed by atoms with van der Waals surface area (Å²) in [4.78, 5) is 25.9. The Morgan fingerprint density at radius 3 is 2.82 bits per heavy atom. The van der Waals surface area contributed by atoms with E-state index in [1.807, 2.05) is 18.2 Å². The molecule has 7 nitrogen and oxygen atoms in total. The lowest BCUT2D eigenvalue weighted by Gasteiger charge is -2.19. The Labute approximate surface area is 162 Å². The highest BCUT2D eigenvalue weighted by Gasteiger charge is 2.24. The molecule has 0 saturated carbocycles. The van der Waals surface area contributed by atoms with Crippen molar-refractivity contribution in [3.05, 3.63) is 48.0 Å². The summed E-state index contributed by atoms with van der Waals surface area (Å²) in [5.74, 6) is 1.73. The summed E-state index contributed by atoms with van der Waals surface area (Å²) in [6.45, 7) is 0.892. The molecule has 144 valence electrons. The molecule has 0 radical (unpaired) electrons. The van der Waals surface area contributed by atoms with Crippen molar-refractivity contribution in [2.24, 2.45) is 0 Å². The average molecular weight is 380 g/mol. The van der Waals surface area contributed by atoms with E-state index in [-0.39, 0.29) is 18.6 Å². The Balaban J connectivity index is 1.44. The predicted octanol–water partition coefficient (Wildman–Crippen LogP) is 3.20. The van der Waals surface area contributed by atoms with Crippen molar-refractivity contribution in [3.63, 3.8) is 0 Å². The van der Waals surface area contributed by atoms with Gasteiger partial charge in [0.15, 0.2) is 11.5 Å². The largest absolute Gasteiger partial charge is 0.494 e. The third-order valence-electron chi connectivity index (χ3n) is 4.64. The monoisotopic (exact) mass is 380 g/mol. The molecule has 2 heterocycles. The van der Waals surface area contributed by atoms with Gasteiger partial charge in [-0.3, -0.25) is 9.59 Å². The maximum atomic E-state index is 12.3. The topological polar surface area (TPSA) is 77.1 Å². The van der Waals surface area contributed by atoms with E-state index >= 15 is 0 Å². The summed E-state index contributed by atoms with van der Waals surface area (Å²) >= 11 is 0. The predicted molar refractivity (Wildman–Crippen MR) is 105 cm³/mol. The molecular weight excluding hydrogens is 360 g/mol. The lowest BCUT2D eigenvalue weighted by molar-refractivity contribution is -0.117. The molecule has 1 saturated heterocycles. The summed E-state index contributed by atoms with van der Waals surface area (Å²) in [5.41, 5.74) is 2.14. The summed E-state index contributed by atoms with van der Waals surface area (Å²) < 4.78 is 16.0. The molecule has 2 aromatic rings. The van der Waals surface area contributed by atoms with Gasteiger partial charge in [-0.05, 0) is 42.3 Å². The molecular formula is C21H20N2O5. The molecule has 0 aromatic heterocycles. The van der Waals surface area contributed by atoms with Crippen LogP contribution in [-0.2, 0) is 9.59 Å². The van der Waals surface area contributed by atoms with E-state index in [1.165, 1.54) is 6.08 Å². The molecule has 0 atom stereocenters. The van der Waals surface area contributed by atoms with Gasteiger partial charge >= 0.3 is 0 Å². The Hall–Kier alpha value is -3.48. The lowest BCUT2D eigenvalue weighted by atomic mass is 10.2. The lowest BCUT2D eigenvalue weighted by Crippen LogP contribution is -2.24. The number of nitrogens with one attached hydrogen (secondary N) is 1. The van der Waals surface area contributed by atoms with Gasteiger partial charge in [-0.25, -0.2) is 0 Å². The summed E-state index contributed by atoms with van der Waals surface area (Å²) in [5, 5.41) is 2.80. The van der Waals surface area contributed by atoms with Crippen molar-refractivity contribution in [3.8, 4) is 17.2 Å². The van der Waals surface area contributed by atoms with Crippen LogP contribution in [0.4, 0.5) is 11.4 Å². The smallest absolute Gasteiger partial charge is 0.248 e. The van der Waals surface area contributed by atoms with Gasteiger partial charge < -0.3 is 24.4 Å². The van der Waals surface area contributed by atoms with E-state index in [4.69, 9.17) is 14.2 Å². The molecule has 2 aliphatic rings. The minimum Gasteiger partial charge on any atom is -0.494 e. The molecule has 7 heteroatoms. The standard InChI is InChI=1S/C21H20N2O5/c1-26-18-12-15(6-7-16(18)23-10-2-3-21(23)25)22-20(24)9-5-14-4-8-17-19(11-14)28-13-27-17/h4-9,11-12H,2-3,10,13H2,1H3,(H,22,24)/b9-5+. The van der Waals surface area contributed by atoms with E-state index in [9.17, 15) is 9.59 Å². The molecule has 0 aliphatic carbocycles. The van der Waals surface area contributed by atoms with Crippen LogP contribution < -0.4 is 24.4 Å². The summed E-state index contributed by atoms with van der Waals surface area (Å²) in [6.07, 6.45) is 4.53. The van der Waals surface area contributed by atoms with Crippen LogP contribution >= 0.6 is 0 Å². The minimum atomic E-state index is -0.273. The number of amides is 2. The minimum absolute atomic E-state index is 0.0849. The Morgan fingerprint density at radius 2 is 2.04 bits per heavy atom. The molecule has 1 N–H and O–H groups in total. The fraction of sp³-hybridized carbons (Fsp3) is 0.238. The molecule has 4 rings (SSSR count). The fourth-order valence-corrected chi connectivity index (χ4v) is 3.25. The van der Waals surface area contributed by atoms with E-state index in [1.54, 1.807) is 36.3 Å². The Bertz CT molecular complexity index is 954. The molecule has 28 heavy (non-hydrogen) atoms. The number of anilines is 2. The van der Waals surface area contributed by atoms with E-state index in [2.05, 4.69) is 5.32 Å². The van der Waals surface area contributed by atoms with Crippen molar-refractivity contribution < 1.29 is 23.8 Å². The highest BCUT2D eigenvalue weighted by molar-refractivity contribution is 6.03. The van der Waals surface area contributed by atoms with Crippen molar-refractivity contribution in [2.75, 3.05) is 30.7 Å². The van der Waals surface area contributed by atoms with Crippen LogP contribution in [0.5, 0.6) is 17.2 Å². The maximum Gasteiger partial charge on any atom is 0.248 e. The first-order valence-electron chi connectivity index (χ1n) is 9.01. The van der Waals surface area contributed by atoms with Crippen LogP contribution in [0.1, 0.15) is 18.4 Å². The van der Waals surface area contributed by atoms with E-state index in [0.717, 1.165) is 17.7 Å². The summed E-state index contributed by atoms with van der Waals surface area (Å²) in [6, 6.07) is 10.7. The Morgan fingerprint density at radius 1 is 1.18 bits per heavy atom. The third-order valence-corrected chi connectivity index (χ3v) is 4.64. The third kappa shape index (κ3) is 3.64. The zero-order valence-electron chi connectivity index (χ0n) is 15.4. The van der Waals surface area contributed by atoms with Gasteiger partial charge in [0.25, 0.3) is 0 Å². The number of carbonyl (C=O) groups is 2. The van der Waals surface area contributed by atoms with Crippen LogP contribution in [0.3, 0.4) is 0 Å². The van der Waals surface area contributed by atoms with Crippen molar-refractivity contribution in [1.29, 1.82) is 0 Å². The second-order valence-electron chi connectivity index (χ2n) is 6.47. The van der Waals surface area contributed by atoms with Crippen LogP contribution in [0.2, 0.25) is 0 Å². The normalized spacial score (nSPS) is 15.3. The van der Waals surface area contributed by atoms with Crippen LogP contribution in [0.15, 0.2) is 42.5 Å². The zero-order valence-corrected chi connectivity index (χ0v) is 15.4. The van der Waals surface area contributed by atoms with Crippen LogP contribution in [-0.4, -0.2) is 32.3 Å². The first-order chi connectivity index (χ1) is 13.6. The first kappa shape index (κ1) is 17.9. The number of fused-ring (bicyclic) bond motifs is 1. The maximum absolute atomic E-state index is 12.3. The zero-order chi connectivity index (χ0) is 19.5. The fourth-order valence-electron chi connectivity index (χ4n) is 3.25. The Kier molecular flexibility index (Phi) is 4.89. The number of methoxy groups -OCH3 is 1. The van der Waals surface area contributed by atoms with E-state index < -0.39 is 0 Å². The van der Waals surface area contributed by atoms with Gasteiger partial charge in [-0.15, -0.1) is 0 Å². The first-order valence-corrected chi connectivity index (χ1v) is 9.01. The van der Waals surface area contributed by atoms with Gasteiger partial charge in [0, 0.05) is 30.8 Å². The molecule has 2 aromatic carbocycles. The number of nitrogens with zero attached hydrogens (tertiary/aromatic N) is 1. The number of benzene rings is 2. The van der Waals surface area contributed by atoms with Gasteiger partial charge in [0.1, 0.15) is 5.75 Å². The molecule has 0 spiro atoms. The molecule has 2 aliphatic heterocycles. The van der Waals surface area contributed by atoms with Gasteiger partial charge in [-0.1, -0.05) is 6.07 Å². The number of ether oxygens (including phenoxy) is 3. The van der Waals surface area contributed by atoms with Gasteiger partial charge in [0.05, 0.1) is 12.8 Å². The number of hydrogen-bond donors (Lipinski definition) is 1. The van der Waals surface area contributed by atoms with Crippen molar-refractivity contribution in [2.45, 2.75) is 12.8 Å². The van der Waals surface area contributed by atoms with E-state index in [0.29, 0.717) is 35.9 Å². The van der Waals surface area contributed by atoms with Crippen molar-refractivity contribution in [1.82, 2.24) is 0 Å². The second-order valence-corrected chi connectivity index (χ2v) is 6.47. The molecule has 1 fully saturated rings. The van der Waals surface area contributed by atoms with Crippen LogP contribution in [0.25, 0.3) is 6.08 Å². The quantitative estimate of drug-likeness (QED) is 0.806. The number of hydrogen-bond acceptors (Lipinski definition) is 5. The number of carbonyl (C=O) groups excluding carboxylic acids is 2. The molecule has 2 amide bonds. The average Bonchev–Trinajstić information content (AvgIpc) is 3.34. The second kappa shape index (κ2) is 7.64. The van der Waals surface area contributed by atoms with Gasteiger partial charge in [-0.2, -0.15) is 0 Å². The molecule has 0 unspecified atom stereocenters. The highest BCUT2D eigenvalue weighted by Crippen LogP contribution is 2.34. The van der Waals surface area contributed by atoms with Crippen LogP contribution in [0, 0.1) is 0 Å². The number of rotatable bonds is 5. The van der Waals surface area contributed by atoms with Crippen molar-refractivity contribution >= 4 is 29.3 Å². The SMILES string of the molecule is COc1cc(NC(=O)/C=C/c2ccc3c(c2)OCO3)ccc1N1CCCC1=O. The molecule has 0 bridgehead atoms. The van der Waals surface area contributed by atoms with Gasteiger partial charge in [0.2, 0.25) is 18.6 Å².